The Balaban J connectivity index is 0.000000568. The summed E-state index contributed by atoms with van der Waals surface area (Å²) in [7, 11) is 0. The summed E-state index contributed by atoms with van der Waals surface area (Å²) in [6, 6.07) is 13.4. The molecule has 1 amide bonds. The van der Waals surface area contributed by atoms with Gasteiger partial charge in [-0.05, 0) is 24.6 Å². The van der Waals surface area contributed by atoms with Gasteiger partial charge in [-0.2, -0.15) is 0 Å². The monoisotopic (exact) mass is 386 g/mol. The van der Waals surface area contributed by atoms with Gasteiger partial charge in [0.05, 0.1) is 18.8 Å². The van der Waals surface area contributed by atoms with Gasteiger partial charge in [-0.15, -0.1) is 0 Å². The largest absolute Gasteiger partial charge is 0.394 e. The number of ether oxygens (including phenoxy) is 1. The molecular weight excluding hydrogens is 356 g/mol. The van der Waals surface area contributed by atoms with E-state index in [1.165, 1.54) is 0 Å². The van der Waals surface area contributed by atoms with E-state index in [-0.39, 0.29) is 12.5 Å². The smallest absolute Gasteiger partial charge is 0.230 e. The van der Waals surface area contributed by atoms with Crippen molar-refractivity contribution in [2.75, 3.05) is 25.1 Å². The number of benzene rings is 1. The maximum Gasteiger partial charge on any atom is 0.230 e. The van der Waals surface area contributed by atoms with E-state index in [9.17, 15) is 9.59 Å². The van der Waals surface area contributed by atoms with E-state index in [1.54, 1.807) is 6.07 Å². The molecule has 1 heterocycles. The van der Waals surface area contributed by atoms with Crippen molar-refractivity contribution in [3.8, 4) is 0 Å². The standard InChI is InChI=1S/C18H20N2O2.C4H10O2/c1-18(2,3)17(22)20-16-14(12-21)9-10-15(19-16)11-13-7-5-4-6-8-13;1-2-6-4-3-5/h4-10,12H,11H2,1-3H3,(H,19,20,22);5H,2-4H2,1H3. The normalized spacial score (nSPS) is 10.6. The van der Waals surface area contributed by atoms with Crippen LogP contribution in [0.2, 0.25) is 0 Å². The van der Waals surface area contributed by atoms with Crippen molar-refractivity contribution in [2.24, 2.45) is 5.41 Å². The van der Waals surface area contributed by atoms with Crippen molar-refractivity contribution in [3.05, 3.63) is 59.3 Å². The van der Waals surface area contributed by atoms with Gasteiger partial charge in [-0.1, -0.05) is 51.1 Å². The lowest BCUT2D eigenvalue weighted by Gasteiger charge is -2.18. The van der Waals surface area contributed by atoms with E-state index >= 15 is 0 Å². The number of rotatable bonds is 7. The summed E-state index contributed by atoms with van der Waals surface area (Å²) in [5, 5.41) is 10.8. The van der Waals surface area contributed by atoms with Gasteiger partial charge in [0.1, 0.15) is 5.82 Å². The first kappa shape index (κ1) is 23.5. The Labute approximate surface area is 167 Å². The molecule has 0 saturated carbocycles. The molecular formula is C22H30N2O4. The summed E-state index contributed by atoms with van der Waals surface area (Å²) in [5.41, 5.74) is 1.77. The molecule has 0 fully saturated rings. The quantitative estimate of drug-likeness (QED) is 0.562. The maximum absolute atomic E-state index is 12.1. The number of aliphatic hydroxyl groups is 1. The van der Waals surface area contributed by atoms with Crippen LogP contribution in [0.5, 0.6) is 0 Å². The number of aldehydes is 1. The van der Waals surface area contributed by atoms with E-state index in [0.29, 0.717) is 37.3 Å². The first-order valence-electron chi connectivity index (χ1n) is 9.30. The van der Waals surface area contributed by atoms with Gasteiger partial charge >= 0.3 is 0 Å². The summed E-state index contributed by atoms with van der Waals surface area (Å²) >= 11 is 0. The molecule has 0 atom stereocenters. The van der Waals surface area contributed by atoms with Crippen LogP contribution < -0.4 is 5.32 Å². The predicted molar refractivity (Wildman–Crippen MR) is 111 cm³/mol. The molecule has 152 valence electrons. The molecule has 0 unspecified atom stereocenters. The average Bonchev–Trinajstić information content (AvgIpc) is 2.67. The molecule has 6 nitrogen and oxygen atoms in total. The molecule has 0 aliphatic heterocycles. The number of hydrogen-bond acceptors (Lipinski definition) is 5. The van der Waals surface area contributed by atoms with Gasteiger partial charge in [-0.3, -0.25) is 9.59 Å². The van der Waals surface area contributed by atoms with Gasteiger partial charge in [0.2, 0.25) is 5.91 Å². The van der Waals surface area contributed by atoms with Gasteiger partial charge in [0.15, 0.2) is 6.29 Å². The fraction of sp³-hybridized carbons (Fsp3) is 0.409. The maximum atomic E-state index is 12.1. The van der Waals surface area contributed by atoms with Crippen LogP contribution in [0.25, 0.3) is 0 Å². The number of anilines is 1. The average molecular weight is 386 g/mol. The van der Waals surface area contributed by atoms with Gasteiger partial charge in [0, 0.05) is 24.1 Å². The highest BCUT2D eigenvalue weighted by molar-refractivity contribution is 5.97. The van der Waals surface area contributed by atoms with E-state index in [2.05, 4.69) is 10.3 Å². The molecule has 2 N–H and O–H groups in total. The van der Waals surface area contributed by atoms with Crippen molar-refractivity contribution in [1.29, 1.82) is 0 Å². The highest BCUT2D eigenvalue weighted by Gasteiger charge is 2.22. The zero-order valence-electron chi connectivity index (χ0n) is 17.1. The molecule has 0 saturated heterocycles. The Hall–Kier alpha value is -2.57. The second-order valence-electron chi connectivity index (χ2n) is 7.15. The lowest BCUT2D eigenvalue weighted by atomic mass is 9.95. The number of pyridine rings is 1. The summed E-state index contributed by atoms with van der Waals surface area (Å²) in [6.45, 7) is 8.64. The molecule has 0 radical (unpaired) electrons. The zero-order chi connectivity index (χ0) is 21.0. The Morgan fingerprint density at radius 1 is 1.18 bits per heavy atom. The molecule has 6 heteroatoms. The molecule has 0 aliphatic rings. The summed E-state index contributed by atoms with van der Waals surface area (Å²) in [4.78, 5) is 27.7. The third-order valence-electron chi connectivity index (χ3n) is 3.69. The van der Waals surface area contributed by atoms with E-state index < -0.39 is 5.41 Å². The predicted octanol–water partition coefficient (Wildman–Crippen LogP) is 3.48. The van der Waals surface area contributed by atoms with Crippen LogP contribution in [-0.2, 0) is 16.0 Å². The number of carbonyl (C=O) groups is 2. The number of aliphatic hydroxyl groups excluding tert-OH is 1. The number of aromatic nitrogens is 1. The zero-order valence-corrected chi connectivity index (χ0v) is 17.1. The first-order chi connectivity index (χ1) is 13.3. The minimum atomic E-state index is -0.544. The van der Waals surface area contributed by atoms with Crippen LogP contribution in [-0.4, -0.2) is 42.1 Å². The van der Waals surface area contributed by atoms with Crippen LogP contribution in [0, 0.1) is 5.41 Å². The van der Waals surface area contributed by atoms with Crippen molar-refractivity contribution < 1.29 is 19.4 Å². The van der Waals surface area contributed by atoms with E-state index in [1.807, 2.05) is 64.1 Å². The van der Waals surface area contributed by atoms with Gasteiger partial charge in [-0.25, -0.2) is 4.98 Å². The van der Waals surface area contributed by atoms with Crippen molar-refractivity contribution in [1.82, 2.24) is 4.98 Å². The third kappa shape index (κ3) is 8.41. The van der Waals surface area contributed by atoms with Crippen LogP contribution in [0.15, 0.2) is 42.5 Å². The highest BCUT2D eigenvalue weighted by atomic mass is 16.5. The van der Waals surface area contributed by atoms with Crippen LogP contribution in [0.4, 0.5) is 5.82 Å². The number of nitrogens with zero attached hydrogens (tertiary/aromatic N) is 1. The number of nitrogens with one attached hydrogen (secondary N) is 1. The van der Waals surface area contributed by atoms with Crippen molar-refractivity contribution in [3.63, 3.8) is 0 Å². The summed E-state index contributed by atoms with van der Waals surface area (Å²) in [5.74, 6) is 0.156. The Kier molecular flexibility index (Phi) is 10.1. The first-order valence-corrected chi connectivity index (χ1v) is 9.30. The van der Waals surface area contributed by atoms with Gasteiger partial charge < -0.3 is 15.2 Å². The van der Waals surface area contributed by atoms with Crippen molar-refractivity contribution >= 4 is 18.0 Å². The van der Waals surface area contributed by atoms with Crippen LogP contribution in [0.1, 0.15) is 49.3 Å². The molecule has 2 rings (SSSR count). The Morgan fingerprint density at radius 2 is 1.86 bits per heavy atom. The fourth-order valence-corrected chi connectivity index (χ4v) is 2.11. The van der Waals surface area contributed by atoms with Gasteiger partial charge in [0.25, 0.3) is 0 Å². The van der Waals surface area contributed by atoms with Crippen LogP contribution >= 0.6 is 0 Å². The molecule has 0 aliphatic carbocycles. The molecule has 0 bridgehead atoms. The van der Waals surface area contributed by atoms with Crippen molar-refractivity contribution in [2.45, 2.75) is 34.1 Å². The van der Waals surface area contributed by atoms with Crippen LogP contribution in [0.3, 0.4) is 0 Å². The van der Waals surface area contributed by atoms with E-state index in [0.717, 1.165) is 11.3 Å². The summed E-state index contributed by atoms with van der Waals surface area (Å²) in [6.07, 6.45) is 1.36. The fourth-order valence-electron chi connectivity index (χ4n) is 2.11. The Bertz CT molecular complexity index is 736. The second kappa shape index (κ2) is 12.0. The number of amides is 1. The molecule has 2 aromatic rings. The summed E-state index contributed by atoms with van der Waals surface area (Å²) < 4.78 is 4.73. The number of hydrogen-bond donors (Lipinski definition) is 2. The molecule has 0 spiro atoms. The topological polar surface area (TPSA) is 88.5 Å². The highest BCUT2D eigenvalue weighted by Crippen LogP contribution is 2.19. The third-order valence-corrected chi connectivity index (χ3v) is 3.69. The molecule has 1 aromatic heterocycles. The minimum Gasteiger partial charge on any atom is -0.394 e. The lowest BCUT2D eigenvalue weighted by Crippen LogP contribution is -2.28. The Morgan fingerprint density at radius 3 is 2.36 bits per heavy atom. The molecule has 1 aromatic carbocycles. The lowest BCUT2D eigenvalue weighted by molar-refractivity contribution is -0.123. The number of carbonyl (C=O) groups excluding carboxylic acids is 2. The minimum absolute atomic E-state index is 0.133. The van der Waals surface area contributed by atoms with E-state index in [4.69, 9.17) is 9.84 Å². The SMILES string of the molecule is CC(C)(C)C(=O)Nc1nc(Cc2ccccc2)ccc1C=O.CCOCCO. The second-order valence-corrected chi connectivity index (χ2v) is 7.15. The molecule has 28 heavy (non-hydrogen) atoms.